The third-order valence-corrected chi connectivity index (χ3v) is 5.42. The van der Waals surface area contributed by atoms with Crippen molar-refractivity contribution in [1.82, 2.24) is 10.2 Å². The van der Waals surface area contributed by atoms with Gasteiger partial charge in [0.1, 0.15) is 0 Å². The molecule has 3 nitrogen and oxygen atoms in total. The standard InChI is InChI=1S/C19H28N2O/c1-13(2)21(14(3)22)12-15-6-4-5-7-16(15)19-17-8-10-20-11-9-18(17)19/h4-7,13,17-20H,8-12H2,1-3H3. The Morgan fingerprint density at radius 2 is 1.86 bits per heavy atom. The number of benzene rings is 1. The molecular formula is C19H28N2O. The number of hydrogen-bond acceptors (Lipinski definition) is 2. The van der Waals surface area contributed by atoms with E-state index in [9.17, 15) is 4.79 Å². The molecule has 0 radical (unpaired) electrons. The van der Waals surface area contributed by atoms with E-state index < -0.39 is 0 Å². The zero-order valence-electron chi connectivity index (χ0n) is 14.0. The Morgan fingerprint density at radius 3 is 2.45 bits per heavy atom. The van der Waals surface area contributed by atoms with Crippen LogP contribution in [-0.4, -0.2) is 29.9 Å². The van der Waals surface area contributed by atoms with Crippen molar-refractivity contribution in [2.75, 3.05) is 13.1 Å². The fourth-order valence-electron chi connectivity index (χ4n) is 4.20. The number of nitrogens with one attached hydrogen (secondary N) is 1. The van der Waals surface area contributed by atoms with Crippen LogP contribution in [0.2, 0.25) is 0 Å². The zero-order valence-corrected chi connectivity index (χ0v) is 14.0. The molecule has 1 aromatic carbocycles. The molecule has 2 unspecified atom stereocenters. The molecule has 0 aromatic heterocycles. The maximum atomic E-state index is 11.9. The Labute approximate surface area is 134 Å². The van der Waals surface area contributed by atoms with E-state index >= 15 is 0 Å². The quantitative estimate of drug-likeness (QED) is 0.926. The summed E-state index contributed by atoms with van der Waals surface area (Å²) in [5.74, 6) is 2.58. The fraction of sp³-hybridized carbons (Fsp3) is 0.632. The minimum absolute atomic E-state index is 0.166. The van der Waals surface area contributed by atoms with Crippen molar-refractivity contribution in [1.29, 1.82) is 0 Å². The first-order valence-corrected chi connectivity index (χ1v) is 8.65. The molecule has 3 heteroatoms. The van der Waals surface area contributed by atoms with Gasteiger partial charge in [-0.1, -0.05) is 24.3 Å². The minimum atomic E-state index is 0.166. The molecule has 22 heavy (non-hydrogen) atoms. The molecule has 2 atom stereocenters. The second-order valence-corrected chi connectivity index (χ2v) is 7.12. The number of carbonyl (C=O) groups is 1. The summed E-state index contributed by atoms with van der Waals surface area (Å²) >= 11 is 0. The van der Waals surface area contributed by atoms with E-state index in [-0.39, 0.29) is 11.9 Å². The highest BCUT2D eigenvalue weighted by molar-refractivity contribution is 5.73. The molecule has 3 rings (SSSR count). The van der Waals surface area contributed by atoms with Gasteiger partial charge in [0.25, 0.3) is 0 Å². The number of hydrogen-bond donors (Lipinski definition) is 1. The number of nitrogens with zero attached hydrogens (tertiary/aromatic N) is 1. The van der Waals surface area contributed by atoms with Crippen molar-refractivity contribution in [3.63, 3.8) is 0 Å². The SMILES string of the molecule is CC(=O)N(Cc1ccccc1C1C2CCNCCC21)C(C)C. The maximum Gasteiger partial charge on any atom is 0.219 e. The molecule has 1 aliphatic heterocycles. The molecule has 1 amide bonds. The van der Waals surface area contributed by atoms with Crippen LogP contribution in [0.5, 0.6) is 0 Å². The van der Waals surface area contributed by atoms with Crippen molar-refractivity contribution >= 4 is 5.91 Å². The lowest BCUT2D eigenvalue weighted by molar-refractivity contribution is -0.131. The Kier molecular flexibility index (Phi) is 4.53. The summed E-state index contributed by atoms with van der Waals surface area (Å²) in [6.07, 6.45) is 2.59. The summed E-state index contributed by atoms with van der Waals surface area (Å²) in [5, 5.41) is 3.50. The van der Waals surface area contributed by atoms with E-state index in [2.05, 4.69) is 43.4 Å². The fourth-order valence-corrected chi connectivity index (χ4v) is 4.20. The number of rotatable bonds is 4. The normalized spacial score (nSPS) is 27.2. The molecule has 0 bridgehead atoms. The van der Waals surface area contributed by atoms with Crippen LogP contribution in [0.4, 0.5) is 0 Å². The van der Waals surface area contributed by atoms with E-state index in [4.69, 9.17) is 0 Å². The molecule has 1 saturated carbocycles. The molecule has 120 valence electrons. The average molecular weight is 300 g/mol. The summed E-state index contributed by atoms with van der Waals surface area (Å²) in [6.45, 7) is 8.93. The molecule has 1 aromatic rings. The number of carbonyl (C=O) groups excluding carboxylic acids is 1. The zero-order chi connectivity index (χ0) is 15.7. The van der Waals surface area contributed by atoms with Crippen molar-refractivity contribution in [3.05, 3.63) is 35.4 Å². The van der Waals surface area contributed by atoms with Crippen molar-refractivity contribution < 1.29 is 4.79 Å². The Balaban J connectivity index is 1.80. The lowest BCUT2D eigenvalue weighted by atomic mass is 9.99. The summed E-state index contributed by atoms with van der Waals surface area (Å²) in [5.41, 5.74) is 2.84. The van der Waals surface area contributed by atoms with Crippen LogP contribution in [-0.2, 0) is 11.3 Å². The lowest BCUT2D eigenvalue weighted by Crippen LogP contribution is -2.34. The van der Waals surface area contributed by atoms with Gasteiger partial charge < -0.3 is 10.2 Å². The van der Waals surface area contributed by atoms with Gasteiger partial charge in [-0.15, -0.1) is 0 Å². The Hall–Kier alpha value is -1.35. The molecule has 1 N–H and O–H groups in total. The predicted octanol–water partition coefficient (Wildman–Crippen LogP) is 3.16. The highest BCUT2D eigenvalue weighted by Gasteiger charge is 2.50. The molecule has 2 fully saturated rings. The van der Waals surface area contributed by atoms with Gasteiger partial charge in [-0.2, -0.15) is 0 Å². The first-order chi connectivity index (χ1) is 10.6. The van der Waals surface area contributed by atoms with Crippen LogP contribution in [0.1, 0.15) is 50.7 Å². The van der Waals surface area contributed by atoms with Crippen LogP contribution in [0.25, 0.3) is 0 Å². The van der Waals surface area contributed by atoms with Gasteiger partial charge in [-0.3, -0.25) is 4.79 Å². The summed E-state index contributed by atoms with van der Waals surface area (Å²) in [4.78, 5) is 13.9. The predicted molar refractivity (Wildman–Crippen MR) is 89.6 cm³/mol. The van der Waals surface area contributed by atoms with Crippen molar-refractivity contribution in [3.8, 4) is 0 Å². The highest BCUT2D eigenvalue weighted by Crippen LogP contribution is 2.58. The first kappa shape index (κ1) is 15.5. The van der Waals surface area contributed by atoms with Gasteiger partial charge in [0.15, 0.2) is 0 Å². The maximum absolute atomic E-state index is 11.9. The van der Waals surface area contributed by atoms with E-state index in [1.807, 2.05) is 4.90 Å². The first-order valence-electron chi connectivity index (χ1n) is 8.65. The summed E-state index contributed by atoms with van der Waals surface area (Å²) in [6, 6.07) is 9.02. The van der Waals surface area contributed by atoms with Crippen LogP contribution < -0.4 is 5.32 Å². The van der Waals surface area contributed by atoms with Crippen LogP contribution in [0, 0.1) is 11.8 Å². The Morgan fingerprint density at radius 1 is 1.23 bits per heavy atom. The van der Waals surface area contributed by atoms with Crippen LogP contribution >= 0.6 is 0 Å². The van der Waals surface area contributed by atoms with Gasteiger partial charge in [-0.05, 0) is 68.7 Å². The van der Waals surface area contributed by atoms with Crippen molar-refractivity contribution in [2.45, 2.75) is 52.1 Å². The summed E-state index contributed by atoms with van der Waals surface area (Å²) in [7, 11) is 0. The van der Waals surface area contributed by atoms with E-state index in [1.54, 1.807) is 6.92 Å². The topological polar surface area (TPSA) is 32.3 Å². The highest BCUT2D eigenvalue weighted by atomic mass is 16.2. The van der Waals surface area contributed by atoms with E-state index in [1.165, 1.54) is 24.0 Å². The third kappa shape index (κ3) is 3.05. The molecule has 1 heterocycles. The van der Waals surface area contributed by atoms with E-state index in [0.717, 1.165) is 37.4 Å². The second-order valence-electron chi connectivity index (χ2n) is 7.12. The molecule has 2 aliphatic rings. The van der Waals surface area contributed by atoms with Crippen LogP contribution in [0.15, 0.2) is 24.3 Å². The van der Waals surface area contributed by atoms with Gasteiger partial charge in [0.05, 0.1) is 0 Å². The largest absolute Gasteiger partial charge is 0.336 e. The Bertz CT molecular complexity index is 528. The van der Waals surface area contributed by atoms with Gasteiger partial charge in [-0.25, -0.2) is 0 Å². The minimum Gasteiger partial charge on any atom is -0.336 e. The molecule has 0 spiro atoms. The molecule has 1 saturated heterocycles. The van der Waals surface area contributed by atoms with Crippen LogP contribution in [0.3, 0.4) is 0 Å². The smallest absolute Gasteiger partial charge is 0.219 e. The molecular weight excluding hydrogens is 272 g/mol. The van der Waals surface area contributed by atoms with Crippen molar-refractivity contribution in [2.24, 2.45) is 11.8 Å². The summed E-state index contributed by atoms with van der Waals surface area (Å²) < 4.78 is 0. The lowest BCUT2D eigenvalue weighted by Gasteiger charge is -2.26. The number of amides is 1. The van der Waals surface area contributed by atoms with Gasteiger partial charge in [0, 0.05) is 19.5 Å². The van der Waals surface area contributed by atoms with Gasteiger partial charge in [0.2, 0.25) is 5.91 Å². The van der Waals surface area contributed by atoms with Gasteiger partial charge >= 0.3 is 0 Å². The average Bonchev–Trinajstić information content (AvgIpc) is 3.19. The number of fused-ring (bicyclic) bond motifs is 1. The monoisotopic (exact) mass is 300 g/mol. The second kappa shape index (κ2) is 6.41. The van der Waals surface area contributed by atoms with E-state index in [0.29, 0.717) is 0 Å². The third-order valence-electron chi connectivity index (χ3n) is 5.42. The molecule has 1 aliphatic carbocycles.